The van der Waals surface area contributed by atoms with E-state index in [1.165, 1.54) is 0 Å². The van der Waals surface area contributed by atoms with E-state index in [0.717, 1.165) is 37.4 Å². The monoisotopic (exact) mass is 634 g/mol. The molecule has 2 N–H and O–H groups in total. The Morgan fingerprint density at radius 2 is 1.57 bits per heavy atom. The van der Waals surface area contributed by atoms with Gasteiger partial charge in [-0.3, -0.25) is 4.90 Å². The van der Waals surface area contributed by atoms with Crippen LogP contribution in [0.5, 0.6) is 11.5 Å². The van der Waals surface area contributed by atoms with Gasteiger partial charge in [0.25, 0.3) is 0 Å². The number of hydrogen-bond donors (Lipinski definition) is 2. The van der Waals surface area contributed by atoms with Gasteiger partial charge in [0.2, 0.25) is 0 Å². The molecule has 13 heteroatoms. The van der Waals surface area contributed by atoms with Crippen LogP contribution in [0.4, 0.5) is 22.0 Å². The molecule has 0 aromatic heterocycles. The summed E-state index contributed by atoms with van der Waals surface area (Å²) in [5.74, 6) is -4.93. The standard InChI is InChI=1S/C29H27F5N2O4.2ClH/c30-18-3-6-22(31)26(11-18)40-27(29(37)38)9-16-1-4-19(5-2-16)39-8-7-35-28-20-14-36(15-21(20)28)13-17-10-24(33)25(34)12-23(17)32;;/h1-6,10-12,20-21,27-28,35H,7-9,13-15H2,(H,37,38);2*1H/t20-,21?,27-,28+;;/m0../s1. The Morgan fingerprint density at radius 3 is 2.24 bits per heavy atom. The zero-order valence-corrected chi connectivity index (χ0v) is 23.7. The molecule has 4 atom stereocenters. The first-order valence-electron chi connectivity index (χ1n) is 12.8. The van der Waals surface area contributed by atoms with Crippen LogP contribution in [0.1, 0.15) is 11.1 Å². The van der Waals surface area contributed by atoms with Crippen molar-refractivity contribution in [1.29, 1.82) is 0 Å². The molecule has 1 heterocycles. The molecule has 5 rings (SSSR count). The second-order valence-corrected chi connectivity index (χ2v) is 10.1. The summed E-state index contributed by atoms with van der Waals surface area (Å²) in [5, 5.41) is 12.9. The van der Waals surface area contributed by atoms with Gasteiger partial charge in [0.15, 0.2) is 29.3 Å². The SMILES string of the molecule is Cl.Cl.O=C(O)[C@H](Cc1ccc(OCCN[C@H]2C3CN(Cc4cc(F)c(F)cc4F)C[C@@H]32)cc1)Oc1cc(F)ccc1F. The van der Waals surface area contributed by atoms with E-state index in [2.05, 4.69) is 5.32 Å². The maximum absolute atomic E-state index is 13.9. The van der Waals surface area contributed by atoms with Crippen LogP contribution in [0, 0.1) is 40.9 Å². The van der Waals surface area contributed by atoms with E-state index in [0.29, 0.717) is 48.4 Å². The number of piperidine rings is 1. The molecule has 1 unspecified atom stereocenters. The molecule has 0 amide bonds. The molecule has 42 heavy (non-hydrogen) atoms. The molecule has 0 bridgehead atoms. The van der Waals surface area contributed by atoms with Crippen LogP contribution in [0.3, 0.4) is 0 Å². The van der Waals surface area contributed by atoms with Crippen molar-refractivity contribution in [3.63, 3.8) is 0 Å². The topological polar surface area (TPSA) is 71.0 Å². The average molecular weight is 635 g/mol. The number of carbonyl (C=O) groups is 1. The highest BCUT2D eigenvalue weighted by Gasteiger charge is 2.55. The van der Waals surface area contributed by atoms with Gasteiger partial charge in [-0.25, -0.2) is 26.7 Å². The number of ether oxygens (including phenoxy) is 2. The van der Waals surface area contributed by atoms with Crippen LogP contribution in [0.2, 0.25) is 0 Å². The molecule has 1 aliphatic carbocycles. The fourth-order valence-corrected chi connectivity index (χ4v) is 5.20. The predicted molar refractivity (Wildman–Crippen MR) is 149 cm³/mol. The minimum absolute atomic E-state index is 0. The smallest absolute Gasteiger partial charge is 0.345 e. The predicted octanol–water partition coefficient (Wildman–Crippen LogP) is 5.40. The van der Waals surface area contributed by atoms with Crippen LogP contribution >= 0.6 is 24.8 Å². The average Bonchev–Trinajstić information content (AvgIpc) is 3.36. The minimum Gasteiger partial charge on any atom is -0.492 e. The third kappa shape index (κ3) is 8.03. The van der Waals surface area contributed by atoms with Gasteiger partial charge in [-0.2, -0.15) is 0 Å². The Balaban J connectivity index is 0.00000242. The number of nitrogens with one attached hydrogen (secondary N) is 1. The second-order valence-electron chi connectivity index (χ2n) is 10.1. The van der Waals surface area contributed by atoms with Gasteiger partial charge in [-0.15, -0.1) is 24.8 Å². The molecule has 0 radical (unpaired) electrons. The number of benzene rings is 3. The summed E-state index contributed by atoms with van der Waals surface area (Å²) in [6.07, 6.45) is -1.46. The van der Waals surface area contributed by atoms with Gasteiger partial charge >= 0.3 is 5.97 Å². The van der Waals surface area contributed by atoms with Crippen molar-refractivity contribution in [3.8, 4) is 11.5 Å². The number of rotatable bonds is 12. The van der Waals surface area contributed by atoms with Crippen LogP contribution in [-0.2, 0) is 17.8 Å². The first-order chi connectivity index (χ1) is 19.2. The van der Waals surface area contributed by atoms with Crippen molar-refractivity contribution in [2.24, 2.45) is 11.8 Å². The van der Waals surface area contributed by atoms with E-state index in [9.17, 15) is 31.9 Å². The Bertz CT molecular complexity index is 1370. The lowest BCUT2D eigenvalue weighted by atomic mass is 10.1. The Kier molecular flexibility index (Phi) is 11.4. The first-order valence-corrected chi connectivity index (χ1v) is 12.8. The van der Waals surface area contributed by atoms with Gasteiger partial charge in [-0.05, 0) is 47.7 Å². The largest absolute Gasteiger partial charge is 0.492 e. The molecule has 6 nitrogen and oxygen atoms in total. The highest BCUT2D eigenvalue weighted by atomic mass is 35.5. The van der Waals surface area contributed by atoms with E-state index in [1.807, 2.05) is 4.90 Å². The highest BCUT2D eigenvalue weighted by molar-refractivity contribution is 5.85. The minimum atomic E-state index is -1.41. The van der Waals surface area contributed by atoms with Crippen molar-refractivity contribution in [3.05, 3.63) is 94.8 Å². The highest BCUT2D eigenvalue weighted by Crippen LogP contribution is 2.45. The third-order valence-electron chi connectivity index (χ3n) is 7.29. The molecule has 2 aliphatic rings. The Morgan fingerprint density at radius 1 is 0.905 bits per heavy atom. The van der Waals surface area contributed by atoms with E-state index >= 15 is 0 Å². The number of fused-ring (bicyclic) bond motifs is 1. The van der Waals surface area contributed by atoms with E-state index < -0.39 is 46.9 Å². The third-order valence-corrected chi connectivity index (χ3v) is 7.29. The van der Waals surface area contributed by atoms with Gasteiger partial charge in [0.1, 0.15) is 24.0 Å². The lowest BCUT2D eigenvalue weighted by Gasteiger charge is -2.20. The summed E-state index contributed by atoms with van der Waals surface area (Å²) in [7, 11) is 0. The van der Waals surface area contributed by atoms with Crippen molar-refractivity contribution < 1.29 is 41.3 Å². The van der Waals surface area contributed by atoms with Crippen molar-refractivity contribution in [2.45, 2.75) is 25.1 Å². The summed E-state index contributed by atoms with van der Waals surface area (Å²) in [4.78, 5) is 13.6. The fraction of sp³-hybridized carbons (Fsp3) is 0.345. The van der Waals surface area contributed by atoms with Crippen LogP contribution < -0.4 is 14.8 Å². The van der Waals surface area contributed by atoms with Gasteiger partial charge < -0.3 is 19.9 Å². The molecule has 1 saturated carbocycles. The van der Waals surface area contributed by atoms with Gasteiger partial charge in [0.05, 0.1) is 0 Å². The first kappa shape index (κ1) is 33.4. The fourth-order valence-electron chi connectivity index (χ4n) is 5.20. The maximum Gasteiger partial charge on any atom is 0.345 e. The lowest BCUT2D eigenvalue weighted by molar-refractivity contribution is -0.145. The normalized spacial score (nSPS) is 19.7. The molecule has 3 aromatic rings. The van der Waals surface area contributed by atoms with E-state index in [-0.39, 0.29) is 43.3 Å². The zero-order chi connectivity index (χ0) is 28.4. The van der Waals surface area contributed by atoms with E-state index in [4.69, 9.17) is 9.47 Å². The molecule has 2 fully saturated rings. The molecular formula is C29H29Cl2F5N2O4. The Hall–Kier alpha value is -3.12. The molecule has 0 spiro atoms. The molecule has 1 saturated heterocycles. The van der Waals surface area contributed by atoms with Crippen LogP contribution in [-0.4, -0.2) is 54.4 Å². The lowest BCUT2D eigenvalue weighted by Crippen LogP contribution is -2.33. The molecular weight excluding hydrogens is 606 g/mol. The second kappa shape index (κ2) is 14.4. The van der Waals surface area contributed by atoms with Crippen molar-refractivity contribution in [2.75, 3.05) is 26.2 Å². The van der Waals surface area contributed by atoms with Crippen molar-refractivity contribution in [1.82, 2.24) is 10.2 Å². The summed E-state index contributed by atoms with van der Waals surface area (Å²) in [6.45, 7) is 2.74. The van der Waals surface area contributed by atoms with Gasteiger partial charge in [-0.1, -0.05) is 12.1 Å². The van der Waals surface area contributed by atoms with Gasteiger partial charge in [0, 0.05) is 56.3 Å². The quantitative estimate of drug-likeness (QED) is 0.158. The van der Waals surface area contributed by atoms with Crippen LogP contribution in [0.15, 0.2) is 54.6 Å². The van der Waals surface area contributed by atoms with Crippen LogP contribution in [0.25, 0.3) is 0 Å². The summed E-state index contributed by atoms with van der Waals surface area (Å²) >= 11 is 0. The Labute approximate surface area is 251 Å². The molecule has 1 aliphatic heterocycles. The number of carboxylic acid groups (broad SMARTS) is 1. The number of carboxylic acids is 1. The molecule has 228 valence electrons. The zero-order valence-electron chi connectivity index (χ0n) is 22.1. The molecule has 3 aromatic carbocycles. The summed E-state index contributed by atoms with van der Waals surface area (Å²) in [5.41, 5.74) is 0.768. The maximum atomic E-state index is 13.9. The van der Waals surface area contributed by atoms with E-state index in [1.54, 1.807) is 24.3 Å². The number of nitrogens with zero attached hydrogens (tertiary/aromatic N) is 1. The number of likely N-dealkylation sites (tertiary alicyclic amines) is 1. The number of halogens is 7. The summed E-state index contributed by atoms with van der Waals surface area (Å²) < 4.78 is 78.7. The number of aliphatic carboxylic acids is 1. The number of hydrogen-bond acceptors (Lipinski definition) is 5. The summed E-state index contributed by atoms with van der Waals surface area (Å²) in [6, 6.07) is 11.2. The van der Waals surface area contributed by atoms with Crippen molar-refractivity contribution >= 4 is 30.8 Å².